The second-order valence-electron chi connectivity index (χ2n) is 7.17. The Bertz CT molecular complexity index is 831. The van der Waals surface area contributed by atoms with Gasteiger partial charge in [0.2, 0.25) is 5.91 Å². The molecule has 1 fully saturated rings. The van der Waals surface area contributed by atoms with Gasteiger partial charge in [-0.05, 0) is 37.0 Å². The summed E-state index contributed by atoms with van der Waals surface area (Å²) in [7, 11) is 0. The van der Waals surface area contributed by atoms with Gasteiger partial charge in [0, 0.05) is 24.2 Å². The monoisotopic (exact) mass is 367 g/mol. The average Bonchev–Trinajstić information content (AvgIpc) is 3.20. The molecular weight excluding hydrogens is 342 g/mol. The molecule has 1 aromatic heterocycles. The molecule has 1 aromatic carbocycles. The van der Waals surface area contributed by atoms with E-state index in [0.717, 1.165) is 24.3 Å². The van der Waals surface area contributed by atoms with Crippen LogP contribution < -0.4 is 16.0 Å². The molecule has 7 nitrogen and oxygen atoms in total. The number of benzene rings is 1. The second-order valence-corrected chi connectivity index (χ2v) is 7.17. The van der Waals surface area contributed by atoms with E-state index in [0.29, 0.717) is 11.3 Å². The third kappa shape index (κ3) is 4.42. The number of nitrogens with one attached hydrogen (secondary N) is 1. The number of carbonyl (C=O) groups excluding carboxylic acids is 2. The van der Waals surface area contributed by atoms with Gasteiger partial charge in [-0.2, -0.15) is 10.2 Å². The lowest BCUT2D eigenvalue weighted by Crippen LogP contribution is -2.47. The Kier molecular flexibility index (Phi) is 5.69. The van der Waals surface area contributed by atoms with E-state index in [1.165, 1.54) is 12.8 Å². The molecule has 3 rings (SSSR count). The number of aromatic nitrogens is 2. The van der Waals surface area contributed by atoms with Crippen LogP contribution in [-0.4, -0.2) is 41.1 Å². The topological polar surface area (TPSA) is 101 Å². The summed E-state index contributed by atoms with van der Waals surface area (Å²) in [6.45, 7) is 5.73. The molecule has 0 aliphatic carbocycles. The van der Waals surface area contributed by atoms with Crippen molar-refractivity contribution in [1.82, 2.24) is 15.5 Å². The van der Waals surface area contributed by atoms with Crippen LogP contribution in [0.5, 0.6) is 0 Å². The highest BCUT2D eigenvalue weighted by Gasteiger charge is 2.22. The van der Waals surface area contributed by atoms with E-state index in [1.807, 2.05) is 26.0 Å². The summed E-state index contributed by atoms with van der Waals surface area (Å²) >= 11 is 0. The number of hydrogen-bond acceptors (Lipinski definition) is 5. The van der Waals surface area contributed by atoms with Crippen LogP contribution in [0.15, 0.2) is 36.5 Å². The summed E-state index contributed by atoms with van der Waals surface area (Å²) < 4.78 is 0. The van der Waals surface area contributed by atoms with Gasteiger partial charge in [0.15, 0.2) is 0 Å². The molecule has 1 atom stereocenters. The fraction of sp³-hybridized carbons (Fsp3) is 0.400. The minimum atomic E-state index is -0.709. The van der Waals surface area contributed by atoms with Gasteiger partial charge < -0.3 is 16.0 Å². The van der Waals surface area contributed by atoms with Gasteiger partial charge in [0.25, 0.3) is 5.91 Å². The summed E-state index contributed by atoms with van der Waals surface area (Å²) in [5.41, 5.74) is 8.39. The molecule has 0 bridgehead atoms. The summed E-state index contributed by atoms with van der Waals surface area (Å²) in [6.07, 6.45) is 4.14. The van der Waals surface area contributed by atoms with Crippen molar-refractivity contribution in [2.24, 2.45) is 11.7 Å². The quantitative estimate of drug-likeness (QED) is 0.813. The lowest BCUT2D eigenvalue weighted by atomic mass is 10.0. The van der Waals surface area contributed by atoms with Gasteiger partial charge in [-0.3, -0.25) is 9.59 Å². The molecule has 0 unspecified atom stereocenters. The third-order valence-corrected chi connectivity index (χ3v) is 4.79. The van der Waals surface area contributed by atoms with Crippen molar-refractivity contribution in [2.75, 3.05) is 18.0 Å². The molecular formula is C20H25N5O2. The Morgan fingerprint density at radius 1 is 1.19 bits per heavy atom. The first-order chi connectivity index (χ1) is 13.0. The number of nitrogens with zero attached hydrogens (tertiary/aromatic N) is 3. The van der Waals surface area contributed by atoms with Crippen molar-refractivity contribution in [3.63, 3.8) is 0 Å². The standard InChI is InChI=1S/C20H25N5O2/c1-13(2)18(19(21)26)23-20(27)15-7-5-6-14(10-15)17-11-16(12-22-24-17)25-8-3-4-9-25/h5-7,10-13,18H,3-4,8-9H2,1-2H3,(H2,21,26)(H,23,27)/t18-/m0/s1. The maximum absolute atomic E-state index is 12.6. The zero-order valence-electron chi connectivity index (χ0n) is 15.7. The predicted octanol–water partition coefficient (Wildman–Crippen LogP) is 1.98. The number of carbonyl (C=O) groups is 2. The Hall–Kier alpha value is -2.96. The van der Waals surface area contributed by atoms with Crippen LogP contribution in [0, 0.1) is 5.92 Å². The van der Waals surface area contributed by atoms with E-state index in [-0.39, 0.29) is 11.8 Å². The van der Waals surface area contributed by atoms with Crippen LogP contribution in [0.3, 0.4) is 0 Å². The summed E-state index contributed by atoms with van der Waals surface area (Å²) in [4.78, 5) is 26.4. The van der Waals surface area contributed by atoms with E-state index >= 15 is 0 Å². The molecule has 0 saturated carbocycles. The number of nitrogens with two attached hydrogens (primary N) is 1. The van der Waals surface area contributed by atoms with Crippen molar-refractivity contribution in [3.8, 4) is 11.3 Å². The normalized spacial score (nSPS) is 15.0. The van der Waals surface area contributed by atoms with Crippen molar-refractivity contribution in [1.29, 1.82) is 0 Å². The van der Waals surface area contributed by atoms with Crippen molar-refractivity contribution in [3.05, 3.63) is 42.1 Å². The zero-order chi connectivity index (χ0) is 19.4. The van der Waals surface area contributed by atoms with Crippen LogP contribution in [0.25, 0.3) is 11.3 Å². The molecule has 27 heavy (non-hydrogen) atoms. The number of primary amides is 1. The summed E-state index contributed by atoms with van der Waals surface area (Å²) in [5.74, 6) is -0.964. The largest absolute Gasteiger partial charge is 0.370 e. The Morgan fingerprint density at radius 2 is 1.93 bits per heavy atom. The lowest BCUT2D eigenvalue weighted by molar-refractivity contribution is -0.120. The maximum atomic E-state index is 12.6. The molecule has 7 heteroatoms. The number of amides is 2. The van der Waals surface area contributed by atoms with E-state index in [1.54, 1.807) is 24.4 Å². The maximum Gasteiger partial charge on any atom is 0.251 e. The molecule has 1 saturated heterocycles. The van der Waals surface area contributed by atoms with Gasteiger partial charge in [-0.15, -0.1) is 0 Å². The fourth-order valence-corrected chi connectivity index (χ4v) is 3.26. The van der Waals surface area contributed by atoms with Crippen LogP contribution >= 0.6 is 0 Å². The first-order valence-corrected chi connectivity index (χ1v) is 9.24. The molecule has 0 radical (unpaired) electrons. The highest BCUT2D eigenvalue weighted by Crippen LogP contribution is 2.24. The molecule has 3 N–H and O–H groups in total. The Balaban J connectivity index is 1.82. The average molecular weight is 367 g/mol. The van der Waals surface area contributed by atoms with E-state index in [9.17, 15) is 9.59 Å². The number of rotatable bonds is 6. The highest BCUT2D eigenvalue weighted by atomic mass is 16.2. The Labute approximate surface area is 159 Å². The molecule has 142 valence electrons. The van der Waals surface area contributed by atoms with Crippen LogP contribution in [0.2, 0.25) is 0 Å². The molecule has 1 aliphatic rings. The van der Waals surface area contributed by atoms with Crippen molar-refractivity contribution >= 4 is 17.5 Å². The van der Waals surface area contributed by atoms with E-state index in [4.69, 9.17) is 5.73 Å². The molecule has 2 amide bonds. The molecule has 2 aromatic rings. The van der Waals surface area contributed by atoms with E-state index < -0.39 is 11.9 Å². The van der Waals surface area contributed by atoms with Gasteiger partial charge in [-0.1, -0.05) is 26.0 Å². The molecule has 0 spiro atoms. The molecule has 2 heterocycles. The Morgan fingerprint density at radius 3 is 2.59 bits per heavy atom. The first-order valence-electron chi connectivity index (χ1n) is 9.24. The molecule has 1 aliphatic heterocycles. The van der Waals surface area contributed by atoms with Crippen LogP contribution in [-0.2, 0) is 4.79 Å². The van der Waals surface area contributed by atoms with Gasteiger partial charge in [0.1, 0.15) is 6.04 Å². The first kappa shape index (κ1) is 18.8. The SMILES string of the molecule is CC(C)[C@H](NC(=O)c1cccc(-c2cc(N3CCCC3)cnn2)c1)C(N)=O. The minimum absolute atomic E-state index is 0.0855. The lowest BCUT2D eigenvalue weighted by Gasteiger charge is -2.19. The third-order valence-electron chi connectivity index (χ3n) is 4.79. The van der Waals surface area contributed by atoms with Gasteiger partial charge in [-0.25, -0.2) is 0 Å². The van der Waals surface area contributed by atoms with Gasteiger partial charge >= 0.3 is 0 Å². The fourth-order valence-electron chi connectivity index (χ4n) is 3.26. The summed E-state index contributed by atoms with van der Waals surface area (Å²) in [6, 6.07) is 8.43. The summed E-state index contributed by atoms with van der Waals surface area (Å²) in [5, 5.41) is 11.0. The van der Waals surface area contributed by atoms with Crippen molar-refractivity contribution in [2.45, 2.75) is 32.7 Å². The van der Waals surface area contributed by atoms with Gasteiger partial charge in [0.05, 0.1) is 17.6 Å². The predicted molar refractivity (Wildman–Crippen MR) is 104 cm³/mol. The smallest absolute Gasteiger partial charge is 0.251 e. The number of anilines is 1. The van der Waals surface area contributed by atoms with Crippen LogP contribution in [0.4, 0.5) is 5.69 Å². The number of hydrogen-bond donors (Lipinski definition) is 2. The zero-order valence-corrected chi connectivity index (χ0v) is 15.7. The second kappa shape index (κ2) is 8.16. The van der Waals surface area contributed by atoms with E-state index in [2.05, 4.69) is 20.4 Å². The van der Waals surface area contributed by atoms with Crippen molar-refractivity contribution < 1.29 is 9.59 Å². The minimum Gasteiger partial charge on any atom is -0.370 e. The highest BCUT2D eigenvalue weighted by molar-refractivity contribution is 5.98. The van der Waals surface area contributed by atoms with Crippen LogP contribution in [0.1, 0.15) is 37.0 Å².